The van der Waals surface area contributed by atoms with E-state index in [2.05, 4.69) is 11.4 Å². The summed E-state index contributed by atoms with van der Waals surface area (Å²) in [6.45, 7) is -0.423. The van der Waals surface area contributed by atoms with Crippen LogP contribution in [0.5, 0.6) is 5.75 Å². The fourth-order valence-electron chi connectivity index (χ4n) is 3.11. The van der Waals surface area contributed by atoms with Gasteiger partial charge in [-0.05, 0) is 54.3 Å². The summed E-state index contributed by atoms with van der Waals surface area (Å²) >= 11 is 0. The van der Waals surface area contributed by atoms with Gasteiger partial charge in [0.15, 0.2) is 19.0 Å². The summed E-state index contributed by atoms with van der Waals surface area (Å²) in [4.78, 5) is 36.0. The number of allylic oxidation sites excluding steroid dienone is 1. The number of carbonyl (C=O) groups excluding carboxylic acids is 3. The van der Waals surface area contributed by atoms with Gasteiger partial charge in [0.2, 0.25) is 0 Å². The van der Waals surface area contributed by atoms with E-state index in [1.165, 1.54) is 11.6 Å². The number of hydrogen-bond acceptors (Lipinski definition) is 5. The molecule has 0 saturated heterocycles. The molecule has 6 nitrogen and oxygen atoms in total. The Morgan fingerprint density at radius 2 is 1.96 bits per heavy atom. The minimum absolute atomic E-state index is 0.0477. The summed E-state index contributed by atoms with van der Waals surface area (Å²) in [5, 5.41) is 2.64. The van der Waals surface area contributed by atoms with E-state index in [0.29, 0.717) is 22.6 Å². The molecule has 0 unspecified atom stereocenters. The van der Waals surface area contributed by atoms with E-state index in [-0.39, 0.29) is 24.9 Å². The second-order valence-electron chi connectivity index (χ2n) is 6.40. The predicted octanol–water partition coefficient (Wildman–Crippen LogP) is 3.02. The molecule has 0 spiro atoms. The Bertz CT molecular complexity index is 977. The van der Waals surface area contributed by atoms with Crippen molar-refractivity contribution in [3.63, 3.8) is 0 Å². The second-order valence-corrected chi connectivity index (χ2v) is 6.40. The fourth-order valence-corrected chi connectivity index (χ4v) is 3.11. The van der Waals surface area contributed by atoms with Crippen LogP contribution >= 0.6 is 0 Å². The van der Waals surface area contributed by atoms with E-state index >= 15 is 0 Å². The van der Waals surface area contributed by atoms with Crippen LogP contribution in [-0.2, 0) is 16.0 Å². The van der Waals surface area contributed by atoms with E-state index in [0.717, 1.165) is 18.4 Å². The van der Waals surface area contributed by atoms with E-state index < -0.39 is 5.97 Å². The Hall–Kier alpha value is -3.41. The number of hydrogen-bond donors (Lipinski definition) is 1. The molecule has 1 amide bonds. The normalized spacial score (nSPS) is 14.4. The third-order valence-corrected chi connectivity index (χ3v) is 4.53. The summed E-state index contributed by atoms with van der Waals surface area (Å²) in [5.74, 6) is -0.672. The standard InChI is InChI=1S/C21H17NO5/c23-18(15-7-8-19-17(10-15)22-20(24)12-26-19)11-27-21(25)16-6-5-13-3-1-2-4-14(13)9-16/h2,4-10H,1,3,11-12H2,(H,22,24). The molecule has 4 rings (SSSR count). The molecule has 0 bridgehead atoms. The highest BCUT2D eigenvalue weighted by molar-refractivity contribution is 6.02. The molecule has 1 aliphatic heterocycles. The summed E-state index contributed by atoms with van der Waals surface area (Å²) in [6, 6.07) is 10.1. The highest BCUT2D eigenvalue weighted by Crippen LogP contribution is 2.28. The van der Waals surface area contributed by atoms with Crippen molar-refractivity contribution in [1.29, 1.82) is 0 Å². The van der Waals surface area contributed by atoms with Crippen molar-refractivity contribution in [1.82, 2.24) is 0 Å². The number of benzene rings is 2. The van der Waals surface area contributed by atoms with Gasteiger partial charge in [-0.15, -0.1) is 0 Å². The Morgan fingerprint density at radius 3 is 2.85 bits per heavy atom. The van der Waals surface area contributed by atoms with Gasteiger partial charge in [-0.1, -0.05) is 18.2 Å². The van der Waals surface area contributed by atoms with Crippen molar-refractivity contribution in [2.45, 2.75) is 12.8 Å². The van der Waals surface area contributed by atoms with E-state index in [1.807, 2.05) is 12.1 Å². The van der Waals surface area contributed by atoms with Crippen molar-refractivity contribution in [3.8, 4) is 5.75 Å². The second kappa shape index (κ2) is 7.07. The minimum Gasteiger partial charge on any atom is -0.482 e. The Balaban J connectivity index is 1.42. The number of ether oxygens (including phenoxy) is 2. The average Bonchev–Trinajstić information content (AvgIpc) is 2.70. The first kappa shape index (κ1) is 17.0. The maximum Gasteiger partial charge on any atom is 0.338 e. The minimum atomic E-state index is -0.542. The lowest BCUT2D eigenvalue weighted by atomic mass is 9.95. The zero-order valence-electron chi connectivity index (χ0n) is 14.5. The summed E-state index contributed by atoms with van der Waals surface area (Å²) in [7, 11) is 0. The van der Waals surface area contributed by atoms with Crippen LogP contribution in [0.25, 0.3) is 6.08 Å². The van der Waals surface area contributed by atoms with Gasteiger partial charge in [0, 0.05) is 5.56 Å². The molecule has 0 fully saturated rings. The average molecular weight is 363 g/mol. The third kappa shape index (κ3) is 3.60. The molecule has 1 heterocycles. The van der Waals surface area contributed by atoms with E-state index in [9.17, 15) is 14.4 Å². The lowest BCUT2D eigenvalue weighted by Gasteiger charge is -2.18. The van der Waals surface area contributed by atoms with Crippen molar-refractivity contribution < 1.29 is 23.9 Å². The molecule has 6 heteroatoms. The van der Waals surface area contributed by atoms with Crippen LogP contribution < -0.4 is 10.1 Å². The zero-order valence-corrected chi connectivity index (χ0v) is 14.5. The van der Waals surface area contributed by atoms with Gasteiger partial charge in [-0.2, -0.15) is 0 Å². The molecule has 2 aromatic carbocycles. The lowest BCUT2D eigenvalue weighted by Crippen LogP contribution is -2.25. The van der Waals surface area contributed by atoms with Crippen LogP contribution in [0, 0.1) is 0 Å². The first-order chi connectivity index (χ1) is 13.1. The zero-order chi connectivity index (χ0) is 18.8. The summed E-state index contributed by atoms with van der Waals surface area (Å²) < 4.78 is 10.4. The third-order valence-electron chi connectivity index (χ3n) is 4.53. The van der Waals surface area contributed by atoms with Crippen LogP contribution in [0.2, 0.25) is 0 Å². The largest absolute Gasteiger partial charge is 0.482 e. The maximum absolute atomic E-state index is 12.3. The number of fused-ring (bicyclic) bond motifs is 2. The molecular weight excluding hydrogens is 346 g/mol. The van der Waals surface area contributed by atoms with Crippen molar-refractivity contribution in [3.05, 3.63) is 64.7 Å². The Kier molecular flexibility index (Phi) is 4.46. The highest BCUT2D eigenvalue weighted by atomic mass is 16.5. The molecular formula is C21H17NO5. The predicted molar refractivity (Wildman–Crippen MR) is 99.0 cm³/mol. The monoisotopic (exact) mass is 363 g/mol. The number of esters is 1. The molecule has 136 valence electrons. The summed E-state index contributed by atoms with van der Waals surface area (Å²) in [6.07, 6.45) is 6.01. The smallest absolute Gasteiger partial charge is 0.338 e. The molecule has 0 aromatic heterocycles. The molecule has 1 N–H and O–H groups in total. The molecule has 27 heavy (non-hydrogen) atoms. The van der Waals surface area contributed by atoms with Crippen LogP contribution in [0.4, 0.5) is 5.69 Å². The maximum atomic E-state index is 12.3. The Morgan fingerprint density at radius 1 is 1.11 bits per heavy atom. The highest BCUT2D eigenvalue weighted by Gasteiger charge is 2.19. The van der Waals surface area contributed by atoms with Gasteiger partial charge in [0.1, 0.15) is 5.75 Å². The van der Waals surface area contributed by atoms with Crippen LogP contribution in [0.15, 0.2) is 42.5 Å². The van der Waals surface area contributed by atoms with E-state index in [1.54, 1.807) is 24.3 Å². The molecule has 1 aliphatic carbocycles. The first-order valence-electron chi connectivity index (χ1n) is 8.66. The van der Waals surface area contributed by atoms with Gasteiger partial charge in [-0.25, -0.2) is 4.79 Å². The number of aryl methyl sites for hydroxylation is 1. The van der Waals surface area contributed by atoms with Gasteiger partial charge in [0.25, 0.3) is 5.91 Å². The van der Waals surface area contributed by atoms with Crippen molar-refractivity contribution in [2.75, 3.05) is 18.5 Å². The number of amides is 1. The quantitative estimate of drug-likeness (QED) is 0.667. The molecule has 2 aliphatic rings. The van der Waals surface area contributed by atoms with Gasteiger partial charge < -0.3 is 14.8 Å². The fraction of sp³-hybridized carbons (Fsp3) is 0.190. The number of Topliss-reactive ketones (excluding diaryl/α,β-unsaturated/α-hetero) is 1. The lowest BCUT2D eigenvalue weighted by molar-refractivity contribution is -0.118. The van der Waals surface area contributed by atoms with Crippen LogP contribution in [0.3, 0.4) is 0 Å². The molecule has 0 saturated carbocycles. The topological polar surface area (TPSA) is 81.7 Å². The molecule has 0 atom stereocenters. The van der Waals surface area contributed by atoms with Crippen LogP contribution in [0.1, 0.15) is 38.3 Å². The SMILES string of the molecule is O=C1COc2ccc(C(=O)COC(=O)c3ccc4c(c3)C=CCC4)cc2N1. The summed E-state index contributed by atoms with van der Waals surface area (Å²) in [5.41, 5.74) is 3.39. The van der Waals surface area contributed by atoms with Gasteiger partial charge in [0.05, 0.1) is 11.3 Å². The van der Waals surface area contributed by atoms with Crippen molar-refractivity contribution >= 4 is 29.4 Å². The van der Waals surface area contributed by atoms with E-state index in [4.69, 9.17) is 9.47 Å². The number of nitrogens with one attached hydrogen (secondary N) is 1. The number of rotatable bonds is 4. The molecule has 2 aromatic rings. The Labute approximate surface area is 155 Å². The molecule has 0 radical (unpaired) electrons. The number of carbonyl (C=O) groups is 3. The van der Waals surface area contributed by atoms with Crippen molar-refractivity contribution in [2.24, 2.45) is 0 Å². The first-order valence-corrected chi connectivity index (χ1v) is 8.66. The number of ketones is 1. The van der Waals surface area contributed by atoms with Gasteiger partial charge >= 0.3 is 5.97 Å². The van der Waals surface area contributed by atoms with Crippen LogP contribution in [-0.4, -0.2) is 30.9 Å². The number of anilines is 1. The van der Waals surface area contributed by atoms with Gasteiger partial charge in [-0.3, -0.25) is 9.59 Å².